The predicted octanol–water partition coefficient (Wildman–Crippen LogP) is 3.52. The van der Waals surface area contributed by atoms with Gasteiger partial charge < -0.3 is 9.17 Å². The third kappa shape index (κ3) is 6.77. The van der Waals surface area contributed by atoms with Gasteiger partial charge in [-0.2, -0.15) is 4.21 Å². The Hall–Kier alpha value is -3.50. The van der Waals surface area contributed by atoms with Crippen molar-refractivity contribution in [1.82, 2.24) is 19.5 Å². The normalized spacial score (nSPS) is 12.1. The fraction of sp³-hybridized carbons (Fsp3) is 0.320. The van der Waals surface area contributed by atoms with Gasteiger partial charge in [0.05, 0.1) is 0 Å². The molecule has 0 aliphatic carbocycles. The van der Waals surface area contributed by atoms with Gasteiger partial charge in [0.25, 0.3) is 5.56 Å². The quantitative estimate of drug-likeness (QED) is 0.203. The summed E-state index contributed by atoms with van der Waals surface area (Å²) in [6, 6.07) is 17.3. The van der Waals surface area contributed by atoms with Crippen LogP contribution in [0.4, 0.5) is 0 Å². The zero-order valence-corrected chi connectivity index (χ0v) is 20.1. The van der Waals surface area contributed by atoms with Gasteiger partial charge in [-0.3, -0.25) is 18.9 Å². The number of hydrogen-bond donors (Lipinski definition) is 3. The van der Waals surface area contributed by atoms with E-state index in [2.05, 4.69) is 27.1 Å². The third-order valence-electron chi connectivity index (χ3n) is 5.84. The van der Waals surface area contributed by atoms with E-state index in [1.807, 2.05) is 30.3 Å². The van der Waals surface area contributed by atoms with Crippen LogP contribution in [0.2, 0.25) is 0 Å². The molecule has 0 fully saturated rings. The van der Waals surface area contributed by atoms with Gasteiger partial charge in [0.2, 0.25) is 0 Å². The lowest BCUT2D eigenvalue weighted by Crippen LogP contribution is -2.30. The number of nitrogens with zero attached hydrogens (tertiary/aromatic N) is 2. The Morgan fingerprint density at radius 1 is 0.857 bits per heavy atom. The van der Waals surface area contributed by atoms with Gasteiger partial charge in [0.1, 0.15) is 17.1 Å². The standard InChI is InChI=1S/C25H28N4O5S/c30-24-22-23(27-21(26-22)12-5-4-10-18-8-2-1-3-9-18)29(25(31)28-24)17-7-6-11-19-13-15-20(16-14-19)34-35(32)33/h1-3,8-9,13-16H,4-7,10-12,17H2,(H,26,27)(H,32,33)(H,28,30,31). The molecule has 0 saturated heterocycles. The predicted molar refractivity (Wildman–Crippen MR) is 135 cm³/mol. The van der Waals surface area contributed by atoms with Crippen molar-refractivity contribution in [3.63, 3.8) is 0 Å². The highest BCUT2D eigenvalue weighted by Gasteiger charge is 2.13. The van der Waals surface area contributed by atoms with Gasteiger partial charge >= 0.3 is 17.1 Å². The SMILES string of the molecule is O=c1[nH]c(=O)n(CCCCc2ccc(OS(=O)O)cc2)c2nc(CCCCc3ccccc3)[nH]c12. The molecule has 4 aromatic rings. The van der Waals surface area contributed by atoms with Crippen LogP contribution >= 0.6 is 0 Å². The van der Waals surface area contributed by atoms with Crippen LogP contribution in [-0.2, 0) is 37.2 Å². The Morgan fingerprint density at radius 2 is 1.51 bits per heavy atom. The van der Waals surface area contributed by atoms with Gasteiger partial charge in [0.15, 0.2) is 5.65 Å². The summed E-state index contributed by atoms with van der Waals surface area (Å²) in [4.78, 5) is 34.8. The van der Waals surface area contributed by atoms with E-state index in [4.69, 9.17) is 8.74 Å². The highest BCUT2D eigenvalue weighted by molar-refractivity contribution is 7.74. The maximum atomic E-state index is 12.5. The van der Waals surface area contributed by atoms with Crippen molar-refractivity contribution in [3.8, 4) is 5.75 Å². The van der Waals surface area contributed by atoms with Crippen LogP contribution in [0.25, 0.3) is 11.2 Å². The van der Waals surface area contributed by atoms with Gasteiger partial charge in [-0.05, 0) is 61.8 Å². The maximum absolute atomic E-state index is 12.5. The minimum atomic E-state index is -2.34. The number of nitrogens with one attached hydrogen (secondary N) is 2. The maximum Gasteiger partial charge on any atom is 0.357 e. The molecule has 0 saturated carbocycles. The largest absolute Gasteiger partial charge is 0.380 e. The third-order valence-corrected chi connectivity index (χ3v) is 6.18. The first-order valence-electron chi connectivity index (χ1n) is 11.6. The number of imidazole rings is 1. The number of rotatable bonds is 12. The Kier molecular flexibility index (Phi) is 8.27. The number of H-pyrrole nitrogens is 2. The molecule has 1 atom stereocenters. The first kappa shape index (κ1) is 24.6. The van der Waals surface area contributed by atoms with Crippen LogP contribution in [0, 0.1) is 0 Å². The highest BCUT2D eigenvalue weighted by atomic mass is 32.2. The van der Waals surface area contributed by atoms with E-state index in [1.165, 1.54) is 10.1 Å². The van der Waals surface area contributed by atoms with Gasteiger partial charge in [0, 0.05) is 13.0 Å². The number of aryl methyl sites for hydroxylation is 4. The summed E-state index contributed by atoms with van der Waals surface area (Å²) in [5.41, 5.74) is 2.18. The minimum Gasteiger partial charge on any atom is -0.380 e. The zero-order valence-electron chi connectivity index (χ0n) is 19.2. The Bertz CT molecular complexity index is 1390. The summed E-state index contributed by atoms with van der Waals surface area (Å²) in [5.74, 6) is 1.04. The minimum absolute atomic E-state index is 0.325. The highest BCUT2D eigenvalue weighted by Crippen LogP contribution is 2.15. The molecule has 0 aliphatic heterocycles. The number of fused-ring (bicyclic) bond motifs is 1. The van der Waals surface area contributed by atoms with E-state index in [0.717, 1.165) is 44.1 Å². The van der Waals surface area contributed by atoms with Crippen molar-refractivity contribution in [2.24, 2.45) is 0 Å². The molecule has 35 heavy (non-hydrogen) atoms. The van der Waals surface area contributed by atoms with Crippen LogP contribution in [0.3, 0.4) is 0 Å². The summed E-state index contributed by atoms with van der Waals surface area (Å²) in [6.07, 6.45) is 5.94. The number of hydrogen-bond acceptors (Lipinski definition) is 5. The molecular weight excluding hydrogens is 468 g/mol. The fourth-order valence-corrected chi connectivity index (χ4v) is 4.35. The van der Waals surface area contributed by atoms with E-state index < -0.39 is 22.6 Å². The molecular formula is C25H28N4O5S. The summed E-state index contributed by atoms with van der Waals surface area (Å²) < 4.78 is 25.7. The molecule has 184 valence electrons. The van der Waals surface area contributed by atoms with E-state index in [1.54, 1.807) is 12.1 Å². The molecule has 1 unspecified atom stereocenters. The smallest absolute Gasteiger partial charge is 0.357 e. The molecule has 2 heterocycles. The molecule has 10 heteroatoms. The van der Waals surface area contributed by atoms with Crippen molar-refractivity contribution in [1.29, 1.82) is 0 Å². The van der Waals surface area contributed by atoms with E-state index in [0.29, 0.717) is 35.7 Å². The lowest BCUT2D eigenvalue weighted by Gasteiger charge is -2.06. The van der Waals surface area contributed by atoms with Crippen LogP contribution < -0.4 is 15.4 Å². The Labute approximate surface area is 204 Å². The van der Waals surface area contributed by atoms with E-state index in [9.17, 15) is 13.8 Å². The topological polar surface area (TPSA) is 130 Å². The van der Waals surface area contributed by atoms with Crippen LogP contribution in [0.1, 0.15) is 42.6 Å². The lowest BCUT2D eigenvalue weighted by atomic mass is 10.1. The fourth-order valence-electron chi connectivity index (χ4n) is 4.07. The summed E-state index contributed by atoms with van der Waals surface area (Å²) in [7, 11) is 0. The average Bonchev–Trinajstić information content (AvgIpc) is 3.27. The summed E-state index contributed by atoms with van der Waals surface area (Å²) in [5, 5.41) is 0. The number of unbranched alkanes of at least 4 members (excludes halogenated alkanes) is 2. The summed E-state index contributed by atoms with van der Waals surface area (Å²) in [6.45, 7) is 0.440. The molecule has 2 aromatic heterocycles. The van der Waals surface area contributed by atoms with Crippen LogP contribution in [0.15, 0.2) is 64.2 Å². The van der Waals surface area contributed by atoms with Crippen molar-refractivity contribution < 1.29 is 12.9 Å². The number of benzene rings is 2. The second-order valence-corrected chi connectivity index (χ2v) is 8.99. The molecule has 2 aromatic carbocycles. The molecule has 0 bridgehead atoms. The van der Waals surface area contributed by atoms with Crippen LogP contribution in [0.5, 0.6) is 5.75 Å². The number of aromatic nitrogens is 4. The van der Waals surface area contributed by atoms with Crippen molar-refractivity contribution in [2.75, 3.05) is 0 Å². The Balaban J connectivity index is 1.34. The lowest BCUT2D eigenvalue weighted by molar-refractivity contribution is 0.458. The molecule has 0 radical (unpaired) electrons. The molecule has 3 N–H and O–H groups in total. The van der Waals surface area contributed by atoms with Crippen LogP contribution in [-0.4, -0.2) is 28.3 Å². The molecule has 0 spiro atoms. The second-order valence-electron chi connectivity index (χ2n) is 8.39. The average molecular weight is 497 g/mol. The van der Waals surface area contributed by atoms with Crippen molar-refractivity contribution >= 4 is 22.5 Å². The number of aromatic amines is 2. The molecule has 9 nitrogen and oxygen atoms in total. The molecule has 4 rings (SSSR count). The van der Waals surface area contributed by atoms with E-state index in [-0.39, 0.29) is 0 Å². The first-order valence-corrected chi connectivity index (χ1v) is 12.7. The molecule has 0 amide bonds. The second kappa shape index (κ2) is 11.8. The monoisotopic (exact) mass is 496 g/mol. The van der Waals surface area contributed by atoms with Gasteiger partial charge in [-0.25, -0.2) is 9.78 Å². The van der Waals surface area contributed by atoms with E-state index >= 15 is 0 Å². The Morgan fingerprint density at radius 3 is 2.23 bits per heavy atom. The first-order chi connectivity index (χ1) is 17.0. The zero-order chi connectivity index (χ0) is 24.6. The van der Waals surface area contributed by atoms with Gasteiger partial charge in [-0.1, -0.05) is 42.5 Å². The summed E-state index contributed by atoms with van der Waals surface area (Å²) >= 11 is -2.34. The van der Waals surface area contributed by atoms with Crippen molar-refractivity contribution in [3.05, 3.63) is 92.4 Å². The van der Waals surface area contributed by atoms with Gasteiger partial charge in [-0.15, -0.1) is 0 Å². The van der Waals surface area contributed by atoms with Crippen molar-refractivity contribution in [2.45, 2.75) is 51.5 Å². The molecule has 0 aliphatic rings.